The molecular formula is C15H30N2O. The van der Waals surface area contributed by atoms with E-state index < -0.39 is 5.60 Å². The van der Waals surface area contributed by atoms with E-state index in [2.05, 4.69) is 31.1 Å². The van der Waals surface area contributed by atoms with Gasteiger partial charge in [0.05, 0.1) is 5.60 Å². The van der Waals surface area contributed by atoms with Gasteiger partial charge < -0.3 is 15.3 Å². The maximum absolute atomic E-state index is 10.3. The fraction of sp³-hybridized carbons (Fsp3) is 1.00. The summed E-state index contributed by atoms with van der Waals surface area (Å²) < 4.78 is 0. The van der Waals surface area contributed by atoms with E-state index in [9.17, 15) is 5.11 Å². The van der Waals surface area contributed by atoms with Crippen LogP contribution in [0.2, 0.25) is 0 Å². The lowest BCUT2D eigenvalue weighted by Crippen LogP contribution is -2.56. The standard InChI is InChI=1S/C15H30N2O/c1-4-15(18,5-2)11-16-12-9-13-7-6-8-14(10-12)17(13)3/h12-14,16,18H,4-11H2,1-3H3. The lowest BCUT2D eigenvalue weighted by molar-refractivity contribution is 0.0133. The molecule has 2 aliphatic rings. The molecule has 0 radical (unpaired) electrons. The fourth-order valence-electron chi connectivity index (χ4n) is 3.62. The van der Waals surface area contributed by atoms with Crippen molar-refractivity contribution in [3.63, 3.8) is 0 Å². The van der Waals surface area contributed by atoms with Crippen molar-refractivity contribution in [1.29, 1.82) is 0 Å². The largest absolute Gasteiger partial charge is 0.389 e. The van der Waals surface area contributed by atoms with Crippen LogP contribution in [-0.2, 0) is 0 Å². The van der Waals surface area contributed by atoms with Gasteiger partial charge in [0.2, 0.25) is 0 Å². The van der Waals surface area contributed by atoms with E-state index in [1.807, 2.05) is 0 Å². The first kappa shape index (κ1) is 14.3. The van der Waals surface area contributed by atoms with E-state index in [0.717, 1.165) is 31.5 Å². The highest BCUT2D eigenvalue weighted by molar-refractivity contribution is 4.94. The maximum Gasteiger partial charge on any atom is 0.0766 e. The molecule has 3 nitrogen and oxygen atoms in total. The Balaban J connectivity index is 1.84. The van der Waals surface area contributed by atoms with Gasteiger partial charge in [-0.2, -0.15) is 0 Å². The first-order valence-electron chi connectivity index (χ1n) is 7.75. The van der Waals surface area contributed by atoms with Crippen LogP contribution >= 0.6 is 0 Å². The summed E-state index contributed by atoms with van der Waals surface area (Å²) >= 11 is 0. The first-order chi connectivity index (χ1) is 8.58. The van der Waals surface area contributed by atoms with Gasteiger partial charge in [0, 0.05) is 24.7 Å². The molecule has 0 aromatic carbocycles. The summed E-state index contributed by atoms with van der Waals surface area (Å²) in [6.45, 7) is 4.91. The average molecular weight is 254 g/mol. The number of hydrogen-bond donors (Lipinski definition) is 2. The molecule has 2 fully saturated rings. The summed E-state index contributed by atoms with van der Waals surface area (Å²) in [5.74, 6) is 0. The Hall–Kier alpha value is -0.120. The smallest absolute Gasteiger partial charge is 0.0766 e. The van der Waals surface area contributed by atoms with Crippen LogP contribution in [0, 0.1) is 0 Å². The molecule has 2 bridgehead atoms. The van der Waals surface area contributed by atoms with Crippen molar-refractivity contribution in [3.05, 3.63) is 0 Å². The van der Waals surface area contributed by atoms with Crippen molar-refractivity contribution in [2.24, 2.45) is 0 Å². The lowest BCUT2D eigenvalue weighted by atomic mass is 9.82. The van der Waals surface area contributed by atoms with Gasteiger partial charge in [-0.25, -0.2) is 0 Å². The molecule has 0 aromatic rings. The Labute approximate surface area is 112 Å². The zero-order chi connectivity index (χ0) is 13.2. The maximum atomic E-state index is 10.3. The quantitative estimate of drug-likeness (QED) is 0.789. The molecule has 2 aliphatic heterocycles. The van der Waals surface area contributed by atoms with Gasteiger partial charge in [0.1, 0.15) is 0 Å². The molecule has 2 heterocycles. The second-order valence-corrected chi connectivity index (χ2v) is 6.38. The number of aliphatic hydroxyl groups is 1. The second-order valence-electron chi connectivity index (χ2n) is 6.38. The number of hydrogen-bond acceptors (Lipinski definition) is 3. The van der Waals surface area contributed by atoms with Crippen LogP contribution in [0.25, 0.3) is 0 Å². The monoisotopic (exact) mass is 254 g/mol. The van der Waals surface area contributed by atoms with E-state index in [1.54, 1.807) is 0 Å². The van der Waals surface area contributed by atoms with E-state index in [0.29, 0.717) is 6.04 Å². The molecule has 0 aliphatic carbocycles. The SMILES string of the molecule is CCC(O)(CC)CNC1CC2CCCC(C1)N2C. The molecule has 0 saturated carbocycles. The van der Waals surface area contributed by atoms with Gasteiger partial charge in [-0.1, -0.05) is 20.3 Å². The van der Waals surface area contributed by atoms with Crippen molar-refractivity contribution in [2.75, 3.05) is 13.6 Å². The van der Waals surface area contributed by atoms with E-state index in [4.69, 9.17) is 0 Å². The molecule has 3 heteroatoms. The fourth-order valence-corrected chi connectivity index (χ4v) is 3.62. The lowest BCUT2D eigenvalue weighted by Gasteiger charge is -2.47. The third-order valence-corrected chi connectivity index (χ3v) is 5.38. The Morgan fingerprint density at radius 1 is 1.17 bits per heavy atom. The van der Waals surface area contributed by atoms with Crippen molar-refractivity contribution in [1.82, 2.24) is 10.2 Å². The van der Waals surface area contributed by atoms with Crippen LogP contribution in [0.3, 0.4) is 0 Å². The van der Waals surface area contributed by atoms with Crippen molar-refractivity contribution >= 4 is 0 Å². The van der Waals surface area contributed by atoms with Crippen molar-refractivity contribution < 1.29 is 5.11 Å². The summed E-state index contributed by atoms with van der Waals surface area (Å²) in [5, 5.41) is 14.0. The molecule has 2 unspecified atom stereocenters. The van der Waals surface area contributed by atoms with Crippen LogP contribution in [0.5, 0.6) is 0 Å². The van der Waals surface area contributed by atoms with Gasteiger partial charge in [-0.15, -0.1) is 0 Å². The third kappa shape index (κ3) is 3.06. The molecule has 2 atom stereocenters. The summed E-state index contributed by atoms with van der Waals surface area (Å²) in [6.07, 6.45) is 8.33. The topological polar surface area (TPSA) is 35.5 Å². The van der Waals surface area contributed by atoms with E-state index in [1.165, 1.54) is 32.1 Å². The zero-order valence-corrected chi connectivity index (χ0v) is 12.3. The van der Waals surface area contributed by atoms with Crippen LogP contribution in [-0.4, -0.2) is 47.3 Å². The van der Waals surface area contributed by atoms with E-state index >= 15 is 0 Å². The summed E-state index contributed by atoms with van der Waals surface area (Å²) in [5.41, 5.74) is -0.502. The predicted molar refractivity (Wildman–Crippen MR) is 75.7 cm³/mol. The van der Waals surface area contributed by atoms with Crippen LogP contribution in [0.1, 0.15) is 58.8 Å². The number of rotatable bonds is 5. The average Bonchev–Trinajstić information content (AvgIpc) is 2.36. The molecule has 2 rings (SSSR count). The Kier molecular flexibility index (Phi) is 4.68. The predicted octanol–water partition coefficient (Wildman–Crippen LogP) is 2.14. The molecule has 0 aromatic heterocycles. The number of nitrogens with zero attached hydrogens (tertiary/aromatic N) is 1. The summed E-state index contributed by atoms with van der Waals surface area (Å²) in [6, 6.07) is 2.15. The molecular weight excluding hydrogens is 224 g/mol. The minimum absolute atomic E-state index is 0.502. The summed E-state index contributed by atoms with van der Waals surface area (Å²) in [4.78, 5) is 2.59. The number of piperidine rings is 2. The van der Waals surface area contributed by atoms with Crippen LogP contribution in [0.15, 0.2) is 0 Å². The molecule has 18 heavy (non-hydrogen) atoms. The second kappa shape index (κ2) is 5.89. The third-order valence-electron chi connectivity index (χ3n) is 5.38. The number of fused-ring (bicyclic) bond motifs is 2. The number of nitrogens with one attached hydrogen (secondary N) is 1. The van der Waals surface area contributed by atoms with E-state index in [-0.39, 0.29) is 0 Å². The Morgan fingerprint density at radius 3 is 2.22 bits per heavy atom. The highest BCUT2D eigenvalue weighted by Gasteiger charge is 2.36. The van der Waals surface area contributed by atoms with Crippen molar-refractivity contribution in [3.8, 4) is 0 Å². The zero-order valence-electron chi connectivity index (χ0n) is 12.3. The Bertz CT molecular complexity index is 251. The van der Waals surface area contributed by atoms with Gasteiger partial charge >= 0.3 is 0 Å². The molecule has 2 saturated heterocycles. The molecule has 0 amide bonds. The highest BCUT2D eigenvalue weighted by atomic mass is 16.3. The van der Waals surface area contributed by atoms with Gasteiger partial charge in [-0.3, -0.25) is 0 Å². The van der Waals surface area contributed by atoms with Crippen LogP contribution < -0.4 is 5.32 Å². The molecule has 0 spiro atoms. The molecule has 106 valence electrons. The minimum Gasteiger partial charge on any atom is -0.389 e. The van der Waals surface area contributed by atoms with Crippen molar-refractivity contribution in [2.45, 2.75) is 82.5 Å². The van der Waals surface area contributed by atoms with Gasteiger partial charge in [0.25, 0.3) is 0 Å². The highest BCUT2D eigenvalue weighted by Crippen LogP contribution is 2.32. The normalized spacial score (nSPS) is 33.7. The first-order valence-corrected chi connectivity index (χ1v) is 7.75. The molecule has 2 N–H and O–H groups in total. The minimum atomic E-state index is -0.502. The van der Waals surface area contributed by atoms with Gasteiger partial charge in [-0.05, 0) is 45.6 Å². The van der Waals surface area contributed by atoms with Gasteiger partial charge in [0.15, 0.2) is 0 Å². The Morgan fingerprint density at radius 2 is 1.72 bits per heavy atom. The summed E-state index contributed by atoms with van der Waals surface area (Å²) in [7, 11) is 2.29. The van der Waals surface area contributed by atoms with Crippen LogP contribution in [0.4, 0.5) is 0 Å².